The van der Waals surface area contributed by atoms with Crippen molar-refractivity contribution < 1.29 is 14.3 Å². The van der Waals surface area contributed by atoms with Crippen molar-refractivity contribution in [1.82, 2.24) is 14.7 Å². The maximum atomic E-state index is 12.0. The molecule has 0 saturated carbocycles. The predicted molar refractivity (Wildman–Crippen MR) is 77.0 cm³/mol. The van der Waals surface area contributed by atoms with Crippen LogP contribution in [0.5, 0.6) is 0 Å². The van der Waals surface area contributed by atoms with Crippen molar-refractivity contribution in [3.05, 3.63) is 15.0 Å². The van der Waals surface area contributed by atoms with Crippen molar-refractivity contribution in [1.29, 1.82) is 0 Å². The monoisotopic (exact) mass is 377 g/mol. The summed E-state index contributed by atoms with van der Waals surface area (Å²) in [4.78, 5) is 24.5. The van der Waals surface area contributed by atoms with Gasteiger partial charge in [-0.05, 0) is 43.4 Å². The normalized spacial score (nSPS) is 15.1. The molecule has 104 valence electrons. The van der Waals surface area contributed by atoms with Gasteiger partial charge in [0.2, 0.25) is 0 Å². The standard InChI is InChI=1S/C12H16IN3O3/c1-12(2,3)19-11(18)15-4-5-16-9(6-15)10(13)8(7-17)14-16/h7H,4-6H2,1-3H3. The van der Waals surface area contributed by atoms with Crippen LogP contribution < -0.4 is 0 Å². The molecule has 1 aromatic heterocycles. The van der Waals surface area contributed by atoms with Crippen molar-refractivity contribution in [3.8, 4) is 0 Å². The molecular weight excluding hydrogens is 361 g/mol. The lowest BCUT2D eigenvalue weighted by Crippen LogP contribution is -2.41. The second-order valence-corrected chi connectivity index (χ2v) is 6.47. The Hall–Kier alpha value is -1.12. The van der Waals surface area contributed by atoms with Gasteiger partial charge in [-0.3, -0.25) is 9.48 Å². The van der Waals surface area contributed by atoms with E-state index < -0.39 is 5.60 Å². The highest BCUT2D eigenvalue weighted by Crippen LogP contribution is 2.22. The lowest BCUT2D eigenvalue weighted by atomic mass is 10.2. The number of carbonyl (C=O) groups excluding carboxylic acids is 2. The fourth-order valence-electron chi connectivity index (χ4n) is 1.86. The number of hydrogen-bond donors (Lipinski definition) is 0. The van der Waals surface area contributed by atoms with Crippen LogP contribution in [0.3, 0.4) is 0 Å². The van der Waals surface area contributed by atoms with Gasteiger partial charge in [0.15, 0.2) is 6.29 Å². The molecular formula is C12H16IN3O3. The summed E-state index contributed by atoms with van der Waals surface area (Å²) in [6.07, 6.45) is 0.411. The van der Waals surface area contributed by atoms with Gasteiger partial charge in [0.1, 0.15) is 11.3 Å². The summed E-state index contributed by atoms with van der Waals surface area (Å²) in [5.74, 6) is 0. The highest BCUT2D eigenvalue weighted by atomic mass is 127. The molecule has 0 N–H and O–H groups in total. The Labute approximate surface area is 125 Å². The Bertz CT molecular complexity index is 519. The Morgan fingerprint density at radius 3 is 2.68 bits per heavy atom. The molecule has 0 fully saturated rings. The molecule has 0 spiro atoms. The van der Waals surface area contributed by atoms with E-state index in [2.05, 4.69) is 27.7 Å². The minimum absolute atomic E-state index is 0.330. The highest BCUT2D eigenvalue weighted by molar-refractivity contribution is 14.1. The number of ether oxygens (including phenoxy) is 1. The second kappa shape index (κ2) is 5.10. The molecule has 7 heteroatoms. The van der Waals surface area contributed by atoms with Crippen LogP contribution in [-0.4, -0.2) is 39.2 Å². The molecule has 0 aliphatic carbocycles. The molecule has 0 aromatic carbocycles. The van der Waals surface area contributed by atoms with Crippen LogP contribution in [0.4, 0.5) is 4.79 Å². The predicted octanol–water partition coefficient (Wildman–Crippen LogP) is 2.05. The number of amides is 1. The van der Waals surface area contributed by atoms with E-state index in [-0.39, 0.29) is 6.09 Å². The SMILES string of the molecule is CC(C)(C)OC(=O)N1CCn2nc(C=O)c(I)c2C1. The van der Waals surface area contributed by atoms with Crippen LogP contribution in [0.15, 0.2) is 0 Å². The lowest BCUT2D eigenvalue weighted by molar-refractivity contribution is 0.0193. The van der Waals surface area contributed by atoms with E-state index in [0.717, 1.165) is 15.6 Å². The number of aldehydes is 1. The summed E-state index contributed by atoms with van der Waals surface area (Å²) in [6.45, 7) is 7.07. The quantitative estimate of drug-likeness (QED) is 0.555. The molecule has 2 heterocycles. The number of hydrogen-bond acceptors (Lipinski definition) is 4. The number of fused-ring (bicyclic) bond motifs is 1. The summed E-state index contributed by atoms with van der Waals surface area (Å²) in [7, 11) is 0. The number of rotatable bonds is 1. The Balaban J connectivity index is 2.16. The zero-order valence-electron chi connectivity index (χ0n) is 11.1. The van der Waals surface area contributed by atoms with Crippen LogP contribution in [-0.2, 0) is 17.8 Å². The van der Waals surface area contributed by atoms with Crippen LogP contribution in [0, 0.1) is 3.57 Å². The average Bonchev–Trinajstić information content (AvgIpc) is 2.63. The first-order chi connectivity index (χ1) is 8.81. The van der Waals surface area contributed by atoms with E-state index in [4.69, 9.17) is 4.74 Å². The number of nitrogens with zero attached hydrogens (tertiary/aromatic N) is 3. The Morgan fingerprint density at radius 1 is 1.42 bits per heavy atom. The molecule has 0 bridgehead atoms. The molecule has 0 unspecified atom stereocenters. The summed E-state index contributed by atoms with van der Waals surface area (Å²) in [5, 5.41) is 4.20. The van der Waals surface area contributed by atoms with Crippen molar-refractivity contribution in [2.24, 2.45) is 0 Å². The van der Waals surface area contributed by atoms with E-state index in [1.807, 2.05) is 20.8 Å². The van der Waals surface area contributed by atoms with Crippen LogP contribution in [0.1, 0.15) is 37.0 Å². The zero-order valence-corrected chi connectivity index (χ0v) is 13.3. The number of halogens is 1. The van der Waals surface area contributed by atoms with Crippen molar-refractivity contribution >= 4 is 35.0 Å². The van der Waals surface area contributed by atoms with Gasteiger partial charge in [-0.15, -0.1) is 0 Å². The maximum absolute atomic E-state index is 12.0. The summed E-state index contributed by atoms with van der Waals surface area (Å²) in [6, 6.07) is 0. The molecule has 0 atom stereocenters. The van der Waals surface area contributed by atoms with E-state index in [1.54, 1.807) is 9.58 Å². The first kappa shape index (κ1) is 14.3. The van der Waals surface area contributed by atoms with Gasteiger partial charge in [-0.25, -0.2) is 4.79 Å². The van der Waals surface area contributed by atoms with Crippen LogP contribution in [0.2, 0.25) is 0 Å². The van der Waals surface area contributed by atoms with Gasteiger partial charge in [0, 0.05) is 6.54 Å². The van der Waals surface area contributed by atoms with Gasteiger partial charge >= 0.3 is 6.09 Å². The summed E-state index contributed by atoms with van der Waals surface area (Å²) < 4.78 is 7.94. The third-order valence-electron chi connectivity index (χ3n) is 2.70. The second-order valence-electron chi connectivity index (χ2n) is 5.39. The van der Waals surface area contributed by atoms with Crippen molar-refractivity contribution in [2.45, 2.75) is 39.5 Å². The van der Waals surface area contributed by atoms with E-state index in [0.29, 0.717) is 25.3 Å². The van der Waals surface area contributed by atoms with E-state index >= 15 is 0 Å². The third-order valence-corrected chi connectivity index (χ3v) is 3.88. The summed E-state index contributed by atoms with van der Waals surface area (Å²) in [5.41, 5.74) is 0.817. The van der Waals surface area contributed by atoms with Gasteiger partial charge in [0.05, 0.1) is 22.4 Å². The Morgan fingerprint density at radius 2 is 2.11 bits per heavy atom. The first-order valence-corrected chi connectivity index (χ1v) is 7.08. The average molecular weight is 377 g/mol. The first-order valence-electron chi connectivity index (χ1n) is 6.00. The largest absolute Gasteiger partial charge is 0.444 e. The fraction of sp³-hybridized carbons (Fsp3) is 0.583. The molecule has 1 aliphatic heterocycles. The van der Waals surface area contributed by atoms with Gasteiger partial charge in [-0.2, -0.15) is 5.10 Å². The van der Waals surface area contributed by atoms with Crippen molar-refractivity contribution in [3.63, 3.8) is 0 Å². The smallest absolute Gasteiger partial charge is 0.410 e. The fourth-order valence-corrected chi connectivity index (χ4v) is 2.55. The molecule has 1 aliphatic rings. The van der Waals surface area contributed by atoms with E-state index in [1.165, 1.54) is 0 Å². The summed E-state index contributed by atoms with van der Waals surface area (Å²) >= 11 is 2.09. The molecule has 1 aromatic rings. The lowest BCUT2D eigenvalue weighted by Gasteiger charge is -2.30. The Kier molecular flexibility index (Phi) is 3.84. The minimum atomic E-state index is -0.504. The van der Waals surface area contributed by atoms with Gasteiger partial charge in [-0.1, -0.05) is 0 Å². The molecule has 2 rings (SSSR count). The highest BCUT2D eigenvalue weighted by Gasteiger charge is 2.28. The number of aromatic nitrogens is 2. The molecule has 0 radical (unpaired) electrons. The maximum Gasteiger partial charge on any atom is 0.410 e. The third kappa shape index (κ3) is 3.07. The molecule has 19 heavy (non-hydrogen) atoms. The zero-order chi connectivity index (χ0) is 14.2. The molecule has 0 saturated heterocycles. The van der Waals surface area contributed by atoms with Gasteiger partial charge in [0.25, 0.3) is 0 Å². The van der Waals surface area contributed by atoms with Crippen LogP contribution in [0.25, 0.3) is 0 Å². The topological polar surface area (TPSA) is 64.4 Å². The number of carbonyl (C=O) groups is 2. The minimum Gasteiger partial charge on any atom is -0.444 e. The van der Waals surface area contributed by atoms with Gasteiger partial charge < -0.3 is 9.64 Å². The molecule has 6 nitrogen and oxygen atoms in total. The van der Waals surface area contributed by atoms with Crippen molar-refractivity contribution in [2.75, 3.05) is 6.54 Å². The van der Waals surface area contributed by atoms with E-state index in [9.17, 15) is 9.59 Å². The molecule has 1 amide bonds. The van der Waals surface area contributed by atoms with Crippen LogP contribution >= 0.6 is 22.6 Å².